The highest BCUT2D eigenvalue weighted by molar-refractivity contribution is 5.31. The van der Waals surface area contributed by atoms with Gasteiger partial charge in [-0.1, -0.05) is 74.0 Å². The third-order valence-corrected chi connectivity index (χ3v) is 3.14. The van der Waals surface area contributed by atoms with Crippen LogP contribution in [0, 0.1) is 0 Å². The van der Waals surface area contributed by atoms with Gasteiger partial charge in [-0.15, -0.1) is 0 Å². The summed E-state index contributed by atoms with van der Waals surface area (Å²) in [5.41, 5.74) is 2.67. The summed E-state index contributed by atoms with van der Waals surface area (Å²) in [6.07, 6.45) is 2.44. The fourth-order valence-electron chi connectivity index (χ4n) is 2.14. The summed E-state index contributed by atoms with van der Waals surface area (Å²) < 4.78 is 0. The van der Waals surface area contributed by atoms with Crippen molar-refractivity contribution in [3.8, 4) is 0 Å². The SMILES string of the molecule is CCCCNC(c1ccccc1)c1ccccc1. The third-order valence-electron chi connectivity index (χ3n) is 3.14. The Morgan fingerprint density at radius 2 is 1.33 bits per heavy atom. The van der Waals surface area contributed by atoms with Crippen LogP contribution in [0.15, 0.2) is 60.7 Å². The van der Waals surface area contributed by atoms with Gasteiger partial charge in [0.05, 0.1) is 6.04 Å². The third kappa shape index (κ3) is 3.44. The van der Waals surface area contributed by atoms with Gasteiger partial charge in [-0.05, 0) is 24.1 Å². The summed E-state index contributed by atoms with van der Waals surface area (Å²) in [5, 5.41) is 3.65. The number of unbranched alkanes of at least 4 members (excludes halogenated alkanes) is 1. The molecule has 0 spiro atoms. The van der Waals surface area contributed by atoms with Crippen LogP contribution in [0.25, 0.3) is 0 Å². The molecule has 0 heterocycles. The molecule has 0 bridgehead atoms. The minimum Gasteiger partial charge on any atom is -0.306 e. The maximum atomic E-state index is 3.65. The molecule has 0 atom stereocenters. The van der Waals surface area contributed by atoms with E-state index in [1.54, 1.807) is 0 Å². The van der Waals surface area contributed by atoms with Gasteiger partial charge in [-0.25, -0.2) is 0 Å². The summed E-state index contributed by atoms with van der Waals surface area (Å²) in [5.74, 6) is 0. The van der Waals surface area contributed by atoms with Crippen LogP contribution >= 0.6 is 0 Å². The van der Waals surface area contributed by atoms with Gasteiger partial charge in [0.2, 0.25) is 0 Å². The van der Waals surface area contributed by atoms with Crippen molar-refractivity contribution in [1.82, 2.24) is 5.32 Å². The lowest BCUT2D eigenvalue weighted by Gasteiger charge is -2.19. The molecule has 2 aromatic carbocycles. The molecule has 0 saturated carbocycles. The zero-order valence-corrected chi connectivity index (χ0v) is 11.0. The molecule has 0 fully saturated rings. The molecule has 0 unspecified atom stereocenters. The largest absolute Gasteiger partial charge is 0.306 e. The van der Waals surface area contributed by atoms with E-state index in [9.17, 15) is 0 Å². The van der Waals surface area contributed by atoms with Gasteiger partial charge in [0, 0.05) is 0 Å². The summed E-state index contributed by atoms with van der Waals surface area (Å²) in [7, 11) is 0. The van der Waals surface area contributed by atoms with E-state index in [2.05, 4.69) is 72.9 Å². The van der Waals surface area contributed by atoms with Crippen molar-refractivity contribution in [3.05, 3.63) is 71.8 Å². The van der Waals surface area contributed by atoms with Crippen molar-refractivity contribution in [2.24, 2.45) is 0 Å². The van der Waals surface area contributed by atoms with E-state index >= 15 is 0 Å². The topological polar surface area (TPSA) is 12.0 Å². The molecular formula is C17H21N. The highest BCUT2D eigenvalue weighted by atomic mass is 14.9. The number of hydrogen-bond acceptors (Lipinski definition) is 1. The Morgan fingerprint density at radius 3 is 1.78 bits per heavy atom. The standard InChI is InChI=1S/C17H21N/c1-2-3-14-18-17(15-10-6-4-7-11-15)16-12-8-5-9-13-16/h4-13,17-18H,2-3,14H2,1H3. The zero-order chi connectivity index (χ0) is 12.6. The van der Waals surface area contributed by atoms with E-state index in [1.165, 1.54) is 24.0 Å². The van der Waals surface area contributed by atoms with Crippen LogP contribution in [0.1, 0.15) is 36.9 Å². The first-order valence-electron chi connectivity index (χ1n) is 6.75. The average Bonchev–Trinajstić information content (AvgIpc) is 2.46. The van der Waals surface area contributed by atoms with Crippen molar-refractivity contribution < 1.29 is 0 Å². The van der Waals surface area contributed by atoms with E-state index in [0.29, 0.717) is 6.04 Å². The zero-order valence-electron chi connectivity index (χ0n) is 11.0. The average molecular weight is 239 g/mol. The maximum Gasteiger partial charge on any atom is 0.0576 e. The lowest BCUT2D eigenvalue weighted by atomic mass is 9.98. The van der Waals surface area contributed by atoms with Gasteiger partial charge in [-0.3, -0.25) is 0 Å². The van der Waals surface area contributed by atoms with Crippen molar-refractivity contribution in [2.45, 2.75) is 25.8 Å². The van der Waals surface area contributed by atoms with Gasteiger partial charge in [0.15, 0.2) is 0 Å². The highest BCUT2D eigenvalue weighted by Gasteiger charge is 2.11. The van der Waals surface area contributed by atoms with Crippen LogP contribution < -0.4 is 5.32 Å². The van der Waals surface area contributed by atoms with E-state index in [-0.39, 0.29) is 0 Å². The number of nitrogens with one attached hydrogen (secondary N) is 1. The quantitative estimate of drug-likeness (QED) is 0.746. The number of rotatable bonds is 6. The maximum absolute atomic E-state index is 3.65. The molecular weight excluding hydrogens is 218 g/mol. The van der Waals surface area contributed by atoms with Crippen LogP contribution in [-0.2, 0) is 0 Å². The first-order chi connectivity index (χ1) is 8.92. The first-order valence-corrected chi connectivity index (χ1v) is 6.75. The Hall–Kier alpha value is -1.60. The Bertz CT molecular complexity index is 396. The molecule has 2 aromatic rings. The van der Waals surface area contributed by atoms with Gasteiger partial charge in [-0.2, -0.15) is 0 Å². The molecule has 0 aliphatic carbocycles. The van der Waals surface area contributed by atoms with Crippen molar-refractivity contribution in [3.63, 3.8) is 0 Å². The molecule has 1 nitrogen and oxygen atoms in total. The lowest BCUT2D eigenvalue weighted by molar-refractivity contribution is 0.579. The smallest absolute Gasteiger partial charge is 0.0576 e. The predicted octanol–water partition coefficient (Wildman–Crippen LogP) is 4.17. The second-order valence-electron chi connectivity index (χ2n) is 4.56. The predicted molar refractivity (Wildman–Crippen MR) is 77.6 cm³/mol. The molecule has 1 N–H and O–H groups in total. The Kier molecular flexibility index (Phi) is 4.98. The molecule has 18 heavy (non-hydrogen) atoms. The first kappa shape index (κ1) is 12.8. The van der Waals surface area contributed by atoms with Gasteiger partial charge in [0.1, 0.15) is 0 Å². The van der Waals surface area contributed by atoms with Crippen LogP contribution in [0.3, 0.4) is 0 Å². The highest BCUT2D eigenvalue weighted by Crippen LogP contribution is 2.21. The minimum absolute atomic E-state index is 0.305. The number of benzene rings is 2. The van der Waals surface area contributed by atoms with Crippen LogP contribution in [0.2, 0.25) is 0 Å². The van der Waals surface area contributed by atoms with E-state index in [4.69, 9.17) is 0 Å². The van der Waals surface area contributed by atoms with Crippen LogP contribution in [-0.4, -0.2) is 6.54 Å². The molecule has 94 valence electrons. The molecule has 0 aromatic heterocycles. The molecule has 2 rings (SSSR count). The Morgan fingerprint density at radius 1 is 0.833 bits per heavy atom. The number of hydrogen-bond donors (Lipinski definition) is 1. The lowest BCUT2D eigenvalue weighted by Crippen LogP contribution is -2.23. The molecule has 0 amide bonds. The van der Waals surface area contributed by atoms with Crippen molar-refractivity contribution >= 4 is 0 Å². The normalized spacial score (nSPS) is 10.8. The monoisotopic (exact) mass is 239 g/mol. The second-order valence-corrected chi connectivity index (χ2v) is 4.56. The Balaban J connectivity index is 2.18. The van der Waals surface area contributed by atoms with Crippen molar-refractivity contribution in [1.29, 1.82) is 0 Å². The van der Waals surface area contributed by atoms with Crippen molar-refractivity contribution in [2.75, 3.05) is 6.54 Å². The van der Waals surface area contributed by atoms with Crippen LogP contribution in [0.4, 0.5) is 0 Å². The molecule has 1 heteroatoms. The van der Waals surface area contributed by atoms with Gasteiger partial charge in [0.25, 0.3) is 0 Å². The van der Waals surface area contributed by atoms with Gasteiger partial charge >= 0.3 is 0 Å². The van der Waals surface area contributed by atoms with E-state index in [0.717, 1.165) is 6.54 Å². The fraction of sp³-hybridized carbons (Fsp3) is 0.294. The van der Waals surface area contributed by atoms with E-state index < -0.39 is 0 Å². The van der Waals surface area contributed by atoms with Gasteiger partial charge < -0.3 is 5.32 Å². The Labute approximate surface area is 110 Å². The summed E-state index contributed by atoms with van der Waals surface area (Å²) >= 11 is 0. The molecule has 0 saturated heterocycles. The minimum atomic E-state index is 0.305. The summed E-state index contributed by atoms with van der Waals surface area (Å²) in [6, 6.07) is 21.6. The second kappa shape index (κ2) is 6.97. The van der Waals surface area contributed by atoms with Crippen LogP contribution in [0.5, 0.6) is 0 Å². The summed E-state index contributed by atoms with van der Waals surface area (Å²) in [6.45, 7) is 3.28. The molecule has 0 aliphatic heterocycles. The summed E-state index contributed by atoms with van der Waals surface area (Å²) in [4.78, 5) is 0. The fourth-order valence-corrected chi connectivity index (χ4v) is 2.14. The van der Waals surface area contributed by atoms with E-state index in [1.807, 2.05) is 0 Å². The molecule has 0 aliphatic rings. The molecule has 0 radical (unpaired) electrons.